The molecule has 1 aliphatic rings. The van der Waals surface area contributed by atoms with Crippen LogP contribution in [0.15, 0.2) is 18.2 Å². The van der Waals surface area contributed by atoms with E-state index in [1.54, 1.807) is 0 Å². The van der Waals surface area contributed by atoms with Gasteiger partial charge in [0.25, 0.3) is 0 Å². The number of benzene rings is 1. The van der Waals surface area contributed by atoms with Gasteiger partial charge in [-0.2, -0.15) is 0 Å². The molecule has 1 aliphatic heterocycles. The molecule has 0 aliphatic carbocycles. The van der Waals surface area contributed by atoms with Crippen molar-refractivity contribution in [3.05, 3.63) is 33.8 Å². The first-order valence-electron chi connectivity index (χ1n) is 7.62. The van der Waals surface area contributed by atoms with Crippen LogP contribution >= 0.6 is 48.0 Å². The molecule has 1 aromatic rings. The minimum absolute atomic E-state index is 0. The van der Waals surface area contributed by atoms with Gasteiger partial charge in [0.1, 0.15) is 0 Å². The lowest BCUT2D eigenvalue weighted by molar-refractivity contribution is 0.163. The van der Waals surface area contributed by atoms with E-state index >= 15 is 0 Å². The van der Waals surface area contributed by atoms with Gasteiger partial charge in [-0.25, -0.2) is 0 Å². The number of hydrogen-bond acceptors (Lipinski definition) is 2. The third-order valence-electron chi connectivity index (χ3n) is 3.99. The standard InChI is InChI=1S/C16H24Cl2N2.2ClH/c1-2-3-4-5-16(20-10-8-19-9-11-20)14-7-6-13(17)12-15(14)18;;/h6-7,12,16,19H,2-5,8-11H2,1H3;2*1H/t16-;;/m0../s1. The molecule has 1 N–H and O–H groups in total. The Balaban J connectivity index is 0.00000220. The molecule has 6 heteroatoms. The molecule has 0 unspecified atom stereocenters. The lowest BCUT2D eigenvalue weighted by atomic mass is 9.98. The van der Waals surface area contributed by atoms with Crippen LogP contribution in [0, 0.1) is 0 Å². The Morgan fingerprint density at radius 2 is 1.82 bits per heavy atom. The first-order chi connectivity index (χ1) is 9.72. The van der Waals surface area contributed by atoms with Crippen molar-refractivity contribution in [2.24, 2.45) is 0 Å². The quantitative estimate of drug-likeness (QED) is 0.660. The van der Waals surface area contributed by atoms with Gasteiger partial charge in [-0.1, -0.05) is 55.5 Å². The molecule has 0 bridgehead atoms. The molecular formula is C16H26Cl4N2. The number of piperazine rings is 1. The number of nitrogens with one attached hydrogen (secondary N) is 1. The smallest absolute Gasteiger partial charge is 0.0468 e. The molecule has 0 radical (unpaired) electrons. The number of unbranched alkanes of at least 4 members (excludes halogenated alkanes) is 2. The topological polar surface area (TPSA) is 15.3 Å². The van der Waals surface area contributed by atoms with E-state index in [0.29, 0.717) is 11.1 Å². The molecule has 22 heavy (non-hydrogen) atoms. The van der Waals surface area contributed by atoms with E-state index < -0.39 is 0 Å². The summed E-state index contributed by atoms with van der Waals surface area (Å²) in [5.41, 5.74) is 1.23. The van der Waals surface area contributed by atoms with Crippen molar-refractivity contribution in [2.75, 3.05) is 26.2 Å². The van der Waals surface area contributed by atoms with Crippen molar-refractivity contribution < 1.29 is 0 Å². The van der Waals surface area contributed by atoms with Crippen LogP contribution in [0.5, 0.6) is 0 Å². The zero-order valence-electron chi connectivity index (χ0n) is 13.0. The summed E-state index contributed by atoms with van der Waals surface area (Å²) in [7, 11) is 0. The third-order valence-corrected chi connectivity index (χ3v) is 4.56. The van der Waals surface area contributed by atoms with E-state index in [2.05, 4.69) is 23.2 Å². The van der Waals surface area contributed by atoms with Crippen LogP contribution < -0.4 is 5.32 Å². The van der Waals surface area contributed by atoms with Crippen LogP contribution in [0.2, 0.25) is 10.0 Å². The summed E-state index contributed by atoms with van der Waals surface area (Å²) < 4.78 is 0. The van der Waals surface area contributed by atoms with E-state index in [9.17, 15) is 0 Å². The van der Waals surface area contributed by atoms with Crippen LogP contribution in [0.3, 0.4) is 0 Å². The third kappa shape index (κ3) is 6.43. The Morgan fingerprint density at radius 3 is 2.41 bits per heavy atom. The van der Waals surface area contributed by atoms with Gasteiger partial charge < -0.3 is 5.32 Å². The SMILES string of the molecule is CCCCC[C@@H](c1ccc(Cl)cc1Cl)N1CCNCC1.Cl.Cl. The second kappa shape index (κ2) is 11.8. The zero-order valence-corrected chi connectivity index (χ0v) is 16.1. The normalized spacial score (nSPS) is 16.5. The molecule has 0 aromatic heterocycles. The molecule has 128 valence electrons. The number of halogens is 4. The van der Waals surface area contributed by atoms with Crippen LogP contribution in [0.25, 0.3) is 0 Å². The molecule has 1 fully saturated rings. The zero-order chi connectivity index (χ0) is 14.4. The van der Waals surface area contributed by atoms with Crippen molar-refractivity contribution in [1.82, 2.24) is 10.2 Å². The fraction of sp³-hybridized carbons (Fsp3) is 0.625. The molecule has 0 spiro atoms. The molecule has 1 aromatic carbocycles. The predicted octanol–water partition coefficient (Wildman–Crippen LogP) is 5.36. The monoisotopic (exact) mass is 386 g/mol. The molecule has 0 amide bonds. The molecule has 2 nitrogen and oxygen atoms in total. The van der Waals surface area contributed by atoms with Gasteiger partial charge >= 0.3 is 0 Å². The van der Waals surface area contributed by atoms with Gasteiger partial charge in [0.2, 0.25) is 0 Å². The highest BCUT2D eigenvalue weighted by Crippen LogP contribution is 2.33. The first-order valence-corrected chi connectivity index (χ1v) is 8.37. The molecule has 1 atom stereocenters. The highest BCUT2D eigenvalue weighted by Gasteiger charge is 2.23. The molecule has 0 saturated carbocycles. The molecular weight excluding hydrogens is 362 g/mol. The highest BCUT2D eigenvalue weighted by molar-refractivity contribution is 6.35. The summed E-state index contributed by atoms with van der Waals surface area (Å²) in [5.74, 6) is 0. The summed E-state index contributed by atoms with van der Waals surface area (Å²) in [6, 6.07) is 6.35. The molecule has 2 rings (SSSR count). The lowest BCUT2D eigenvalue weighted by Crippen LogP contribution is -2.45. The minimum Gasteiger partial charge on any atom is -0.314 e. The summed E-state index contributed by atoms with van der Waals surface area (Å²) in [5, 5.41) is 4.93. The summed E-state index contributed by atoms with van der Waals surface area (Å²) in [4.78, 5) is 2.56. The summed E-state index contributed by atoms with van der Waals surface area (Å²) in [6.07, 6.45) is 4.97. The predicted molar refractivity (Wildman–Crippen MR) is 102 cm³/mol. The second-order valence-corrected chi connectivity index (χ2v) is 6.31. The maximum atomic E-state index is 6.43. The Hall–Kier alpha value is 0.300. The Kier molecular flexibility index (Phi) is 11.9. The van der Waals surface area contributed by atoms with Crippen LogP contribution in [0.4, 0.5) is 0 Å². The Labute approximate surface area is 156 Å². The Bertz CT molecular complexity index is 423. The van der Waals surface area contributed by atoms with Gasteiger partial charge in [0.15, 0.2) is 0 Å². The number of rotatable bonds is 6. The Morgan fingerprint density at radius 1 is 1.14 bits per heavy atom. The van der Waals surface area contributed by atoms with Crippen molar-refractivity contribution in [2.45, 2.75) is 38.6 Å². The van der Waals surface area contributed by atoms with Gasteiger partial charge in [-0.3, -0.25) is 4.90 Å². The molecule has 1 saturated heterocycles. The van der Waals surface area contributed by atoms with E-state index in [4.69, 9.17) is 23.2 Å². The average Bonchev–Trinajstić information content (AvgIpc) is 2.46. The number of nitrogens with zero attached hydrogens (tertiary/aromatic N) is 1. The van der Waals surface area contributed by atoms with Gasteiger partial charge in [0, 0.05) is 42.3 Å². The van der Waals surface area contributed by atoms with E-state index in [1.807, 2.05) is 12.1 Å². The summed E-state index contributed by atoms with van der Waals surface area (Å²) in [6.45, 7) is 6.56. The van der Waals surface area contributed by atoms with Crippen molar-refractivity contribution >= 4 is 48.0 Å². The van der Waals surface area contributed by atoms with Gasteiger partial charge in [-0.15, -0.1) is 24.8 Å². The van der Waals surface area contributed by atoms with E-state index in [-0.39, 0.29) is 24.8 Å². The largest absolute Gasteiger partial charge is 0.314 e. The fourth-order valence-corrected chi connectivity index (χ4v) is 3.42. The maximum absolute atomic E-state index is 6.43. The minimum atomic E-state index is 0. The highest BCUT2D eigenvalue weighted by atomic mass is 35.5. The summed E-state index contributed by atoms with van der Waals surface area (Å²) >= 11 is 12.5. The van der Waals surface area contributed by atoms with Crippen molar-refractivity contribution in [3.63, 3.8) is 0 Å². The molecule has 1 heterocycles. The van der Waals surface area contributed by atoms with Gasteiger partial charge in [0.05, 0.1) is 0 Å². The number of hydrogen-bond donors (Lipinski definition) is 1. The van der Waals surface area contributed by atoms with Crippen LogP contribution in [-0.2, 0) is 0 Å². The first kappa shape index (κ1) is 22.3. The lowest BCUT2D eigenvalue weighted by Gasteiger charge is -2.35. The second-order valence-electron chi connectivity index (χ2n) is 5.46. The van der Waals surface area contributed by atoms with E-state index in [1.165, 1.54) is 31.2 Å². The average molecular weight is 388 g/mol. The van der Waals surface area contributed by atoms with Crippen LogP contribution in [-0.4, -0.2) is 31.1 Å². The maximum Gasteiger partial charge on any atom is 0.0468 e. The van der Waals surface area contributed by atoms with Crippen molar-refractivity contribution in [3.8, 4) is 0 Å². The van der Waals surface area contributed by atoms with Gasteiger partial charge in [-0.05, 0) is 24.1 Å². The van der Waals surface area contributed by atoms with Crippen LogP contribution in [0.1, 0.15) is 44.2 Å². The van der Waals surface area contributed by atoms with E-state index in [0.717, 1.165) is 31.2 Å². The van der Waals surface area contributed by atoms with Crippen molar-refractivity contribution in [1.29, 1.82) is 0 Å². The fourth-order valence-electron chi connectivity index (χ4n) is 2.89.